The fourth-order valence-electron chi connectivity index (χ4n) is 2.55. The van der Waals surface area contributed by atoms with Crippen LogP contribution in [-0.2, 0) is 9.59 Å². The first-order valence-electron chi connectivity index (χ1n) is 8.70. The Kier molecular flexibility index (Phi) is 10.1. The second-order valence-corrected chi connectivity index (χ2v) is 8.37. The molecule has 1 atom stereocenters. The Morgan fingerprint density at radius 1 is 1.19 bits per heavy atom. The molecule has 0 saturated carbocycles. The number of carboxylic acid groups (broad SMARTS) is 1. The van der Waals surface area contributed by atoms with Gasteiger partial charge in [0.25, 0.3) is 5.69 Å². The van der Waals surface area contributed by atoms with Crippen molar-refractivity contribution in [2.45, 2.75) is 50.8 Å². The summed E-state index contributed by atoms with van der Waals surface area (Å²) in [6, 6.07) is 3.75. The van der Waals surface area contributed by atoms with Gasteiger partial charge >= 0.3 is 5.97 Å². The summed E-state index contributed by atoms with van der Waals surface area (Å²) in [5.74, 6) is -2.42. The van der Waals surface area contributed by atoms with Crippen LogP contribution in [0.5, 0.6) is 0 Å². The van der Waals surface area contributed by atoms with Crippen LogP contribution in [-0.4, -0.2) is 33.3 Å². The predicted octanol–water partition coefficient (Wildman–Crippen LogP) is 4.78. The van der Waals surface area contributed by atoms with Crippen molar-refractivity contribution in [3.63, 3.8) is 0 Å². The van der Waals surface area contributed by atoms with Gasteiger partial charge in [-0.1, -0.05) is 54.7 Å². The summed E-state index contributed by atoms with van der Waals surface area (Å²) >= 11 is 0. The summed E-state index contributed by atoms with van der Waals surface area (Å²) in [6.45, 7) is 4.02. The second kappa shape index (κ2) is 11.8. The number of unbranched alkanes of at least 4 members (excludes halogenated alkanes) is 1. The van der Waals surface area contributed by atoms with Gasteiger partial charge in [-0.25, -0.2) is 4.79 Å². The molecule has 0 aliphatic carbocycles. The van der Waals surface area contributed by atoms with Crippen molar-refractivity contribution < 1.29 is 24.4 Å². The molecule has 0 aliphatic rings. The normalized spacial score (nSPS) is 11.8. The molecular weight excluding hydrogens is 390 g/mol. The third kappa shape index (κ3) is 7.34. The van der Waals surface area contributed by atoms with E-state index in [2.05, 4.69) is 0 Å². The number of ketones is 2. The standard InChI is InChI=1S/C18H23NO6S2/c1-3-5-7-12(6-4-2)17(21)16(20)11-26-27-13-8-9-15(19(24)25)14(10-13)18(22)23/h8-10,12H,3-7,11H2,1-2H3,(H,22,23). The Bertz CT molecular complexity index is 707. The lowest BCUT2D eigenvalue weighted by atomic mass is 9.91. The third-order valence-corrected chi connectivity index (χ3v) is 6.16. The maximum atomic E-state index is 12.3. The first-order chi connectivity index (χ1) is 12.8. The lowest BCUT2D eigenvalue weighted by Crippen LogP contribution is -2.25. The highest BCUT2D eigenvalue weighted by Crippen LogP contribution is 2.34. The first-order valence-corrected chi connectivity index (χ1v) is 11.0. The van der Waals surface area contributed by atoms with Crippen LogP contribution >= 0.6 is 21.6 Å². The van der Waals surface area contributed by atoms with Crippen LogP contribution in [0.15, 0.2) is 23.1 Å². The average Bonchev–Trinajstić information content (AvgIpc) is 2.64. The summed E-state index contributed by atoms with van der Waals surface area (Å²) in [6.07, 6.45) is 4.14. The zero-order valence-corrected chi connectivity index (χ0v) is 16.9. The monoisotopic (exact) mass is 413 g/mol. The van der Waals surface area contributed by atoms with Gasteiger partial charge in [0, 0.05) is 16.9 Å². The molecular formula is C18H23NO6S2. The number of Topliss-reactive ketones (excluding diaryl/α,β-unsaturated/α-hetero) is 2. The summed E-state index contributed by atoms with van der Waals surface area (Å²) in [4.78, 5) is 46.2. The molecule has 1 N–H and O–H groups in total. The molecule has 7 nitrogen and oxygen atoms in total. The molecule has 0 aliphatic heterocycles. The van der Waals surface area contributed by atoms with Crippen LogP contribution in [0.1, 0.15) is 56.3 Å². The summed E-state index contributed by atoms with van der Waals surface area (Å²) < 4.78 is 0. The van der Waals surface area contributed by atoms with Crippen molar-refractivity contribution >= 4 is 44.8 Å². The van der Waals surface area contributed by atoms with E-state index in [1.165, 1.54) is 12.1 Å². The molecule has 0 radical (unpaired) electrons. The number of nitro benzene ring substituents is 1. The summed E-state index contributed by atoms with van der Waals surface area (Å²) in [5.41, 5.74) is -0.892. The quantitative estimate of drug-likeness (QED) is 0.213. The molecule has 1 rings (SSSR count). The molecule has 0 fully saturated rings. The number of hydrogen-bond donors (Lipinski definition) is 1. The van der Waals surface area contributed by atoms with Crippen LogP contribution in [0.3, 0.4) is 0 Å². The van der Waals surface area contributed by atoms with E-state index in [-0.39, 0.29) is 17.5 Å². The number of carboxylic acids is 1. The lowest BCUT2D eigenvalue weighted by molar-refractivity contribution is -0.385. The maximum absolute atomic E-state index is 12.3. The van der Waals surface area contributed by atoms with Crippen molar-refractivity contribution in [2.75, 3.05) is 5.75 Å². The topological polar surface area (TPSA) is 115 Å². The van der Waals surface area contributed by atoms with Crippen molar-refractivity contribution in [2.24, 2.45) is 5.92 Å². The minimum atomic E-state index is -1.39. The van der Waals surface area contributed by atoms with Crippen LogP contribution < -0.4 is 0 Å². The molecule has 1 aromatic carbocycles. The van der Waals surface area contributed by atoms with E-state index in [0.29, 0.717) is 11.3 Å². The predicted molar refractivity (Wildman–Crippen MR) is 106 cm³/mol. The van der Waals surface area contributed by atoms with Crippen LogP contribution in [0.2, 0.25) is 0 Å². The largest absolute Gasteiger partial charge is 0.477 e. The number of nitro groups is 1. The summed E-state index contributed by atoms with van der Waals surface area (Å²) in [7, 11) is 2.24. The van der Waals surface area contributed by atoms with E-state index in [1.807, 2.05) is 13.8 Å². The van der Waals surface area contributed by atoms with Gasteiger partial charge in [0.15, 0.2) is 0 Å². The Labute approximate surface area is 165 Å². The molecule has 148 valence electrons. The van der Waals surface area contributed by atoms with Crippen molar-refractivity contribution in [1.29, 1.82) is 0 Å². The first kappa shape index (κ1) is 23.2. The Morgan fingerprint density at radius 3 is 2.44 bits per heavy atom. The van der Waals surface area contributed by atoms with Crippen LogP contribution in [0.25, 0.3) is 0 Å². The van der Waals surface area contributed by atoms with E-state index in [0.717, 1.165) is 53.3 Å². The van der Waals surface area contributed by atoms with E-state index in [1.54, 1.807) is 0 Å². The van der Waals surface area contributed by atoms with Gasteiger partial charge < -0.3 is 5.11 Å². The molecule has 0 aromatic heterocycles. The molecule has 1 aromatic rings. The molecule has 0 saturated heterocycles. The number of rotatable bonds is 13. The SMILES string of the molecule is CCCCC(CCC)C(=O)C(=O)CSSc1ccc([N+](=O)[O-])c(C(=O)O)c1. The molecule has 27 heavy (non-hydrogen) atoms. The second-order valence-electron chi connectivity index (χ2n) is 6.00. The lowest BCUT2D eigenvalue weighted by Gasteiger charge is -2.13. The van der Waals surface area contributed by atoms with Crippen molar-refractivity contribution in [1.82, 2.24) is 0 Å². The number of carbonyl (C=O) groups is 3. The van der Waals surface area contributed by atoms with E-state index in [9.17, 15) is 24.5 Å². The van der Waals surface area contributed by atoms with E-state index in [4.69, 9.17) is 5.11 Å². The Hall–Kier alpha value is -1.87. The molecule has 0 spiro atoms. The van der Waals surface area contributed by atoms with Gasteiger partial charge in [0.05, 0.1) is 10.7 Å². The number of aromatic carboxylic acids is 1. The number of carbonyl (C=O) groups excluding carboxylic acids is 2. The van der Waals surface area contributed by atoms with Gasteiger partial charge in [0.1, 0.15) is 5.56 Å². The van der Waals surface area contributed by atoms with Gasteiger partial charge in [0.2, 0.25) is 11.6 Å². The molecule has 0 amide bonds. The molecule has 9 heteroatoms. The number of benzene rings is 1. The summed E-state index contributed by atoms with van der Waals surface area (Å²) in [5, 5.41) is 19.9. The highest BCUT2D eigenvalue weighted by atomic mass is 33.1. The fourth-order valence-corrected chi connectivity index (χ4v) is 4.50. The maximum Gasteiger partial charge on any atom is 0.342 e. The average molecular weight is 414 g/mol. The van der Waals surface area contributed by atoms with Crippen LogP contribution in [0, 0.1) is 16.0 Å². The van der Waals surface area contributed by atoms with Gasteiger partial charge in [-0.2, -0.15) is 0 Å². The van der Waals surface area contributed by atoms with Crippen molar-refractivity contribution in [3.8, 4) is 0 Å². The minimum absolute atomic E-state index is 0.0186. The highest BCUT2D eigenvalue weighted by Gasteiger charge is 2.24. The van der Waals surface area contributed by atoms with Gasteiger partial charge in [-0.15, -0.1) is 0 Å². The van der Waals surface area contributed by atoms with Gasteiger partial charge in [-0.05, 0) is 25.0 Å². The zero-order chi connectivity index (χ0) is 20.4. The zero-order valence-electron chi connectivity index (χ0n) is 15.3. The van der Waals surface area contributed by atoms with Crippen LogP contribution in [0.4, 0.5) is 5.69 Å². The van der Waals surface area contributed by atoms with E-state index < -0.39 is 27.9 Å². The minimum Gasteiger partial charge on any atom is -0.477 e. The van der Waals surface area contributed by atoms with Gasteiger partial charge in [-0.3, -0.25) is 19.7 Å². The van der Waals surface area contributed by atoms with E-state index >= 15 is 0 Å². The molecule has 0 heterocycles. The molecule has 0 bridgehead atoms. The highest BCUT2D eigenvalue weighted by molar-refractivity contribution is 8.76. The number of nitrogens with zero attached hydrogens (tertiary/aromatic N) is 1. The number of hydrogen-bond acceptors (Lipinski definition) is 7. The molecule has 1 unspecified atom stereocenters. The Morgan fingerprint density at radius 2 is 1.89 bits per heavy atom. The fraction of sp³-hybridized carbons (Fsp3) is 0.500. The van der Waals surface area contributed by atoms with Crippen molar-refractivity contribution in [3.05, 3.63) is 33.9 Å². The third-order valence-electron chi connectivity index (χ3n) is 3.93. The smallest absolute Gasteiger partial charge is 0.342 e. The Balaban J connectivity index is 2.67.